The van der Waals surface area contributed by atoms with E-state index in [0.717, 1.165) is 15.3 Å². The fourth-order valence-electron chi connectivity index (χ4n) is 3.60. The van der Waals surface area contributed by atoms with Crippen LogP contribution in [-0.4, -0.2) is 28.7 Å². The van der Waals surface area contributed by atoms with Crippen LogP contribution in [0.25, 0.3) is 6.08 Å². The summed E-state index contributed by atoms with van der Waals surface area (Å²) in [7, 11) is -4.29. The van der Waals surface area contributed by atoms with Crippen LogP contribution in [0.4, 0.5) is 0 Å². The maximum Gasteiger partial charge on any atom is 0.342 e. The number of rotatable bonds is 5. The number of carbonyl (C=O) groups is 1. The third kappa shape index (κ3) is 3.70. The zero-order chi connectivity index (χ0) is 22.9. The summed E-state index contributed by atoms with van der Waals surface area (Å²) in [6.45, 7) is 26.1. The lowest BCUT2D eigenvalue weighted by atomic mass is 9.83. The predicted octanol–water partition coefficient (Wildman–Crippen LogP) is 7.00. The van der Waals surface area contributed by atoms with Crippen molar-refractivity contribution in [1.29, 1.82) is 0 Å². The van der Waals surface area contributed by atoms with Crippen molar-refractivity contribution in [2.24, 2.45) is 0 Å². The summed E-state index contributed by atoms with van der Waals surface area (Å²) in [6.07, 6.45) is 1.84. The van der Waals surface area contributed by atoms with Crippen LogP contribution >= 0.6 is 11.3 Å². The van der Waals surface area contributed by atoms with Crippen molar-refractivity contribution in [1.82, 2.24) is 0 Å². The second-order valence-electron chi connectivity index (χ2n) is 11.8. The number of thiophene rings is 1. The number of hydrogen-bond acceptors (Lipinski definition) is 5. The van der Waals surface area contributed by atoms with E-state index in [0.29, 0.717) is 6.42 Å². The first-order valence-corrected chi connectivity index (χ1v) is 17.4. The molecule has 1 aromatic rings. The Morgan fingerprint density at radius 1 is 1.13 bits per heavy atom. The lowest BCUT2D eigenvalue weighted by Gasteiger charge is -2.45. The van der Waals surface area contributed by atoms with Gasteiger partial charge >= 0.3 is 5.97 Å². The molecule has 3 rings (SSSR count). The van der Waals surface area contributed by atoms with Gasteiger partial charge in [-0.3, -0.25) is 0 Å². The third-order valence-electron chi connectivity index (χ3n) is 7.55. The Morgan fingerprint density at radius 2 is 1.70 bits per heavy atom. The van der Waals surface area contributed by atoms with Crippen molar-refractivity contribution in [3.63, 3.8) is 0 Å². The SMILES string of the molecule is C=Cc1cc2c(s1)[C@@H](O[Si](C)(C)C(C)(C)C)[C@H]1C[C@]2(O[Si](C)(C)C(C)(C)C)C(=O)O1. The van der Waals surface area contributed by atoms with Crippen molar-refractivity contribution in [3.8, 4) is 0 Å². The van der Waals surface area contributed by atoms with E-state index < -0.39 is 22.2 Å². The van der Waals surface area contributed by atoms with Crippen LogP contribution in [-0.2, 0) is 24.0 Å². The Bertz CT molecular complexity index is 860. The van der Waals surface area contributed by atoms with Gasteiger partial charge < -0.3 is 13.6 Å². The molecule has 7 heteroatoms. The molecule has 2 bridgehead atoms. The Hall–Kier alpha value is -0.736. The van der Waals surface area contributed by atoms with Gasteiger partial charge in [-0.25, -0.2) is 4.79 Å². The first-order valence-electron chi connectivity index (χ1n) is 10.8. The molecule has 1 fully saturated rings. The van der Waals surface area contributed by atoms with Gasteiger partial charge in [0.15, 0.2) is 22.2 Å². The highest BCUT2D eigenvalue weighted by molar-refractivity contribution is 7.13. The van der Waals surface area contributed by atoms with E-state index in [1.165, 1.54) is 0 Å². The lowest BCUT2D eigenvalue weighted by molar-refractivity contribution is -0.155. The largest absolute Gasteiger partial charge is 0.457 e. The number of ether oxygens (including phenoxy) is 1. The molecule has 1 aromatic heterocycles. The first-order chi connectivity index (χ1) is 13.5. The summed E-state index contributed by atoms with van der Waals surface area (Å²) in [5.41, 5.74) is -0.0803. The molecular weight excluding hydrogens is 428 g/mol. The number of hydrogen-bond donors (Lipinski definition) is 0. The molecule has 1 saturated heterocycles. The summed E-state index contributed by atoms with van der Waals surface area (Å²) < 4.78 is 19.7. The molecule has 0 amide bonds. The van der Waals surface area contributed by atoms with Crippen molar-refractivity contribution in [3.05, 3.63) is 28.0 Å². The first kappa shape index (κ1) is 23.9. The van der Waals surface area contributed by atoms with Gasteiger partial charge in [0.2, 0.25) is 0 Å². The minimum atomic E-state index is -2.22. The topological polar surface area (TPSA) is 44.8 Å². The Balaban J connectivity index is 2.12. The van der Waals surface area contributed by atoms with E-state index in [2.05, 4.69) is 80.4 Å². The van der Waals surface area contributed by atoms with Gasteiger partial charge in [0.05, 0.1) is 0 Å². The van der Waals surface area contributed by atoms with E-state index >= 15 is 0 Å². The quantitative estimate of drug-likeness (QED) is 0.346. The van der Waals surface area contributed by atoms with E-state index in [1.54, 1.807) is 11.3 Å². The van der Waals surface area contributed by atoms with Crippen LogP contribution in [0.15, 0.2) is 12.6 Å². The maximum atomic E-state index is 13.4. The second kappa shape index (κ2) is 7.13. The molecule has 0 aromatic carbocycles. The molecule has 0 saturated carbocycles. The molecule has 3 atom stereocenters. The molecule has 1 aliphatic heterocycles. The Morgan fingerprint density at radius 3 is 2.20 bits per heavy atom. The standard InChI is InChI=1S/C23H38O4SSi2/c1-12-15-13-16-19(28-15)18(26-29(8,9)21(2,3)4)17-14-23(16,20(24)25-17)27-30(10,11)22(5,6)7/h12-13,17-18H,1,14H2,2-11H3/t17-,18+,23-/m1/s1. The molecule has 2 heterocycles. The van der Waals surface area contributed by atoms with Crippen molar-refractivity contribution < 1.29 is 18.4 Å². The van der Waals surface area contributed by atoms with Gasteiger partial charge in [-0.05, 0) is 42.3 Å². The molecule has 30 heavy (non-hydrogen) atoms. The van der Waals surface area contributed by atoms with Crippen molar-refractivity contribution >= 4 is 40.0 Å². The van der Waals surface area contributed by atoms with Crippen LogP contribution in [0, 0.1) is 0 Å². The summed E-state index contributed by atoms with van der Waals surface area (Å²) in [5.74, 6) is -0.256. The van der Waals surface area contributed by atoms with E-state index in [4.69, 9.17) is 13.6 Å². The normalized spacial score (nSPS) is 27.1. The van der Waals surface area contributed by atoms with Crippen LogP contribution < -0.4 is 0 Å². The van der Waals surface area contributed by atoms with Gasteiger partial charge in [0.1, 0.15) is 12.2 Å². The number of fused-ring (bicyclic) bond motifs is 4. The fourth-order valence-corrected chi connectivity index (χ4v) is 7.56. The van der Waals surface area contributed by atoms with Crippen molar-refractivity contribution in [2.75, 3.05) is 0 Å². The molecule has 168 valence electrons. The van der Waals surface area contributed by atoms with Gasteiger partial charge in [-0.2, -0.15) is 0 Å². The van der Waals surface area contributed by atoms with Crippen LogP contribution in [0.3, 0.4) is 0 Å². The predicted molar refractivity (Wildman–Crippen MR) is 130 cm³/mol. The van der Waals surface area contributed by atoms with Crippen LogP contribution in [0.1, 0.15) is 69.4 Å². The smallest absolute Gasteiger partial charge is 0.342 e. The minimum absolute atomic E-state index is 0.00788. The minimum Gasteiger partial charge on any atom is -0.457 e. The molecular formula is C23H38O4SSi2. The monoisotopic (exact) mass is 466 g/mol. The molecule has 0 N–H and O–H groups in total. The van der Waals surface area contributed by atoms with Gasteiger partial charge in [0.25, 0.3) is 0 Å². The number of carbonyl (C=O) groups excluding carboxylic acids is 1. The Kier molecular flexibility index (Phi) is 5.69. The third-order valence-corrected chi connectivity index (χ3v) is 17.7. The van der Waals surface area contributed by atoms with E-state index in [9.17, 15) is 4.79 Å². The zero-order valence-corrected chi connectivity index (χ0v) is 23.1. The summed E-state index contributed by atoms with van der Waals surface area (Å²) in [6, 6.07) is 2.07. The molecule has 0 unspecified atom stereocenters. The summed E-state index contributed by atoms with van der Waals surface area (Å²) in [5, 5.41) is 0.0620. The second-order valence-corrected chi connectivity index (χ2v) is 22.4. The van der Waals surface area contributed by atoms with Gasteiger partial charge in [-0.15, -0.1) is 11.3 Å². The number of esters is 1. The van der Waals surface area contributed by atoms with Crippen LogP contribution in [0.2, 0.25) is 36.3 Å². The average molecular weight is 467 g/mol. The van der Waals surface area contributed by atoms with Crippen LogP contribution in [0.5, 0.6) is 0 Å². The molecule has 1 aliphatic carbocycles. The highest BCUT2D eigenvalue weighted by Gasteiger charge is 2.63. The molecule has 2 aliphatic rings. The van der Waals surface area contributed by atoms with E-state index in [-0.39, 0.29) is 28.3 Å². The molecule has 4 nitrogen and oxygen atoms in total. The lowest BCUT2D eigenvalue weighted by Crippen LogP contribution is -2.52. The van der Waals surface area contributed by atoms with Gasteiger partial charge in [-0.1, -0.05) is 54.2 Å². The highest BCUT2D eigenvalue weighted by Crippen LogP contribution is 2.57. The van der Waals surface area contributed by atoms with E-state index in [1.807, 2.05) is 6.08 Å². The summed E-state index contributed by atoms with van der Waals surface area (Å²) >= 11 is 1.66. The van der Waals surface area contributed by atoms with Crippen molar-refractivity contribution in [2.45, 2.75) is 102 Å². The average Bonchev–Trinajstić information content (AvgIpc) is 3.11. The fraction of sp³-hybridized carbons (Fsp3) is 0.696. The van der Waals surface area contributed by atoms with Gasteiger partial charge in [0, 0.05) is 21.7 Å². The molecule has 0 spiro atoms. The summed E-state index contributed by atoms with van der Waals surface area (Å²) in [4.78, 5) is 15.5. The maximum absolute atomic E-state index is 13.4. The Labute approximate surface area is 188 Å². The highest BCUT2D eigenvalue weighted by atomic mass is 32.1. The molecule has 0 radical (unpaired) electrons. The zero-order valence-electron chi connectivity index (χ0n) is 20.3.